The minimum atomic E-state index is 0.253. The van der Waals surface area contributed by atoms with Crippen LogP contribution in [0.4, 0.5) is 0 Å². The van der Waals surface area contributed by atoms with Crippen LogP contribution in [0.15, 0.2) is 0 Å². The summed E-state index contributed by atoms with van der Waals surface area (Å²) in [5, 5.41) is 0. The van der Waals surface area contributed by atoms with Crippen molar-refractivity contribution in [1.82, 2.24) is 0 Å². The van der Waals surface area contributed by atoms with Crippen LogP contribution >= 0.6 is 0 Å². The van der Waals surface area contributed by atoms with Crippen LogP contribution in [-0.4, -0.2) is 17.6 Å². The molecule has 0 saturated heterocycles. The highest BCUT2D eigenvalue weighted by Gasteiger charge is 2.43. The predicted molar refractivity (Wildman–Crippen MR) is 73.5 cm³/mol. The zero-order valence-electron chi connectivity index (χ0n) is 11.6. The number of nitrogens with two attached hydrogens (primary N) is 1. The lowest BCUT2D eigenvalue weighted by molar-refractivity contribution is -0.121. The smallest absolute Gasteiger partial charge is 0.135 e. The van der Waals surface area contributed by atoms with E-state index in [1.807, 2.05) is 0 Å². The topological polar surface area (TPSA) is 60.2 Å². The van der Waals surface area contributed by atoms with Crippen molar-refractivity contribution >= 4 is 11.6 Å². The SMILES string of the molecule is NC1CCC2CC(=O)C[C@@H]2C1CC[C@H]1CCCC1=O. The Balaban J connectivity index is 1.61. The lowest BCUT2D eigenvalue weighted by atomic mass is 9.69. The van der Waals surface area contributed by atoms with Gasteiger partial charge in [-0.15, -0.1) is 0 Å². The Hall–Kier alpha value is -0.700. The Labute approximate surface area is 115 Å². The molecule has 0 aromatic rings. The third-order valence-corrected chi connectivity index (χ3v) is 5.81. The Kier molecular flexibility index (Phi) is 3.75. The number of hydrogen-bond acceptors (Lipinski definition) is 3. The maximum Gasteiger partial charge on any atom is 0.135 e. The van der Waals surface area contributed by atoms with Crippen LogP contribution in [0.1, 0.15) is 57.8 Å². The first-order valence-electron chi connectivity index (χ1n) is 7.95. The van der Waals surface area contributed by atoms with Gasteiger partial charge in [0.15, 0.2) is 0 Å². The van der Waals surface area contributed by atoms with E-state index in [1.54, 1.807) is 0 Å². The van der Waals surface area contributed by atoms with Crippen LogP contribution < -0.4 is 5.73 Å². The molecular weight excluding hydrogens is 238 g/mol. The number of Topliss-reactive ketones (excluding diaryl/α,β-unsaturated/α-hetero) is 2. The van der Waals surface area contributed by atoms with Gasteiger partial charge in [-0.3, -0.25) is 9.59 Å². The van der Waals surface area contributed by atoms with Crippen molar-refractivity contribution in [2.24, 2.45) is 29.4 Å². The molecule has 2 N–H and O–H groups in total. The quantitative estimate of drug-likeness (QED) is 0.851. The highest BCUT2D eigenvalue weighted by molar-refractivity contribution is 5.82. The number of carbonyl (C=O) groups is 2. The fraction of sp³-hybridized carbons (Fsp3) is 0.875. The average Bonchev–Trinajstić information content (AvgIpc) is 2.94. The van der Waals surface area contributed by atoms with Gasteiger partial charge < -0.3 is 5.73 Å². The van der Waals surface area contributed by atoms with Crippen molar-refractivity contribution in [3.63, 3.8) is 0 Å². The summed E-state index contributed by atoms with van der Waals surface area (Å²) in [6, 6.07) is 0.253. The second-order valence-electron chi connectivity index (χ2n) is 6.91. The minimum absolute atomic E-state index is 0.253. The van der Waals surface area contributed by atoms with Gasteiger partial charge >= 0.3 is 0 Å². The maximum atomic E-state index is 11.7. The normalized spacial score (nSPS) is 42.7. The van der Waals surface area contributed by atoms with Crippen molar-refractivity contribution in [2.75, 3.05) is 0 Å². The van der Waals surface area contributed by atoms with Crippen LogP contribution in [0, 0.1) is 23.7 Å². The van der Waals surface area contributed by atoms with E-state index in [4.69, 9.17) is 5.73 Å². The standard InChI is InChI=1S/C16H25NO2/c17-15-7-5-11-8-12(18)9-14(11)13(15)6-4-10-2-1-3-16(10)19/h10-11,13-15H,1-9,17H2/t10-,11?,13?,14+,15?/m1/s1. The predicted octanol–water partition coefficient (Wildman–Crippen LogP) is 2.47. The van der Waals surface area contributed by atoms with E-state index >= 15 is 0 Å². The second-order valence-corrected chi connectivity index (χ2v) is 6.91. The first-order valence-corrected chi connectivity index (χ1v) is 7.95. The molecule has 3 rings (SSSR count). The lowest BCUT2D eigenvalue weighted by Gasteiger charge is -2.38. The molecule has 0 spiro atoms. The molecule has 3 nitrogen and oxygen atoms in total. The highest BCUT2D eigenvalue weighted by Crippen LogP contribution is 2.46. The Morgan fingerprint density at radius 1 is 1.05 bits per heavy atom. The molecule has 3 aliphatic carbocycles. The molecule has 3 unspecified atom stereocenters. The van der Waals surface area contributed by atoms with Gasteiger partial charge in [-0.1, -0.05) is 0 Å². The summed E-state index contributed by atoms with van der Waals surface area (Å²) in [5.74, 6) is 2.79. The summed E-state index contributed by atoms with van der Waals surface area (Å²) >= 11 is 0. The number of ketones is 2. The molecule has 0 aromatic heterocycles. The molecule has 0 heterocycles. The first-order chi connectivity index (χ1) is 9.15. The summed E-state index contributed by atoms with van der Waals surface area (Å²) in [7, 11) is 0. The molecule has 106 valence electrons. The van der Waals surface area contributed by atoms with Gasteiger partial charge in [-0.25, -0.2) is 0 Å². The highest BCUT2D eigenvalue weighted by atomic mass is 16.1. The van der Waals surface area contributed by atoms with E-state index in [1.165, 1.54) is 0 Å². The fourth-order valence-electron chi connectivity index (χ4n) is 4.73. The minimum Gasteiger partial charge on any atom is -0.327 e. The third kappa shape index (κ3) is 2.62. The molecule has 0 aromatic carbocycles. The molecule has 3 heteroatoms. The number of fused-ring (bicyclic) bond motifs is 1. The van der Waals surface area contributed by atoms with Crippen LogP contribution in [0.2, 0.25) is 0 Å². The van der Waals surface area contributed by atoms with Crippen LogP contribution in [-0.2, 0) is 9.59 Å². The molecule has 3 fully saturated rings. The molecule has 19 heavy (non-hydrogen) atoms. The molecule has 0 bridgehead atoms. The maximum absolute atomic E-state index is 11.7. The fourth-order valence-corrected chi connectivity index (χ4v) is 4.73. The second kappa shape index (κ2) is 5.35. The largest absolute Gasteiger partial charge is 0.327 e. The summed E-state index contributed by atoms with van der Waals surface area (Å²) in [6.07, 6.45) is 8.75. The van der Waals surface area contributed by atoms with Gasteiger partial charge in [0.2, 0.25) is 0 Å². The van der Waals surface area contributed by atoms with E-state index in [9.17, 15) is 9.59 Å². The van der Waals surface area contributed by atoms with Gasteiger partial charge in [0.1, 0.15) is 11.6 Å². The van der Waals surface area contributed by atoms with Crippen molar-refractivity contribution in [3.05, 3.63) is 0 Å². The van der Waals surface area contributed by atoms with Crippen molar-refractivity contribution in [3.8, 4) is 0 Å². The Bertz CT molecular complexity index is 379. The van der Waals surface area contributed by atoms with Crippen molar-refractivity contribution in [2.45, 2.75) is 63.8 Å². The molecular formula is C16H25NO2. The summed E-state index contributed by atoms with van der Waals surface area (Å²) < 4.78 is 0. The van der Waals surface area contributed by atoms with E-state index in [0.29, 0.717) is 35.2 Å². The lowest BCUT2D eigenvalue weighted by Crippen LogP contribution is -2.41. The van der Waals surface area contributed by atoms with Gasteiger partial charge in [0, 0.05) is 31.2 Å². The van der Waals surface area contributed by atoms with Crippen molar-refractivity contribution in [1.29, 1.82) is 0 Å². The summed E-state index contributed by atoms with van der Waals surface area (Å²) in [5.41, 5.74) is 6.30. The molecule has 0 amide bonds. The number of carbonyl (C=O) groups excluding carboxylic acids is 2. The van der Waals surface area contributed by atoms with Crippen LogP contribution in [0.5, 0.6) is 0 Å². The monoisotopic (exact) mass is 263 g/mol. The van der Waals surface area contributed by atoms with E-state index in [2.05, 4.69) is 0 Å². The Morgan fingerprint density at radius 2 is 1.89 bits per heavy atom. The molecule has 0 radical (unpaired) electrons. The summed E-state index contributed by atoms with van der Waals surface area (Å²) in [4.78, 5) is 23.4. The molecule has 3 aliphatic rings. The van der Waals surface area contributed by atoms with Gasteiger partial charge in [-0.05, 0) is 56.3 Å². The van der Waals surface area contributed by atoms with Crippen LogP contribution in [0.3, 0.4) is 0 Å². The van der Waals surface area contributed by atoms with E-state index < -0.39 is 0 Å². The van der Waals surface area contributed by atoms with E-state index in [0.717, 1.165) is 57.8 Å². The number of rotatable bonds is 3. The first kappa shape index (κ1) is 13.3. The zero-order valence-corrected chi connectivity index (χ0v) is 11.6. The average molecular weight is 263 g/mol. The molecule has 0 aliphatic heterocycles. The van der Waals surface area contributed by atoms with Gasteiger partial charge in [0.05, 0.1) is 0 Å². The van der Waals surface area contributed by atoms with Crippen molar-refractivity contribution < 1.29 is 9.59 Å². The number of hydrogen-bond donors (Lipinski definition) is 1. The van der Waals surface area contributed by atoms with Gasteiger partial charge in [-0.2, -0.15) is 0 Å². The van der Waals surface area contributed by atoms with Gasteiger partial charge in [0.25, 0.3) is 0 Å². The zero-order chi connectivity index (χ0) is 13.4. The third-order valence-electron chi connectivity index (χ3n) is 5.81. The Morgan fingerprint density at radius 3 is 2.63 bits per heavy atom. The summed E-state index contributed by atoms with van der Waals surface area (Å²) in [6.45, 7) is 0. The van der Waals surface area contributed by atoms with E-state index in [-0.39, 0.29) is 6.04 Å². The van der Waals surface area contributed by atoms with Crippen LogP contribution in [0.25, 0.3) is 0 Å². The molecule has 5 atom stereocenters. The molecule has 3 saturated carbocycles.